The molecule has 0 saturated heterocycles. The number of aldehydes is 1. The smallest absolute Gasteiger partial charge is 0.226 e. The molecule has 0 radical (unpaired) electrons. The zero-order valence-electron chi connectivity index (χ0n) is 7.48. The molecule has 68 valence electrons. The molecule has 1 aliphatic rings. The van der Waals surface area contributed by atoms with E-state index < -0.39 is 0 Å². The molecule has 1 unspecified atom stereocenters. The third-order valence-electron chi connectivity index (χ3n) is 1.99. The lowest BCUT2D eigenvalue weighted by Gasteiger charge is -2.18. The average molecular weight is 178 g/mol. The van der Waals surface area contributed by atoms with Gasteiger partial charge < -0.3 is 5.32 Å². The van der Waals surface area contributed by atoms with Crippen molar-refractivity contribution in [3.63, 3.8) is 0 Å². The summed E-state index contributed by atoms with van der Waals surface area (Å²) in [5.41, 5.74) is 0.678. The Morgan fingerprint density at radius 2 is 2.46 bits per heavy atom. The maximum absolute atomic E-state index is 10.6. The number of nitrogens with zero attached hydrogens (tertiary/aromatic N) is 3. The molecule has 2 heterocycles. The second kappa shape index (κ2) is 2.69. The Bertz CT molecular complexity index is 379. The molecule has 0 spiro atoms. The van der Waals surface area contributed by atoms with Crippen molar-refractivity contribution >= 4 is 18.4 Å². The first-order chi connectivity index (χ1) is 6.20. The third-order valence-corrected chi connectivity index (χ3v) is 1.99. The summed E-state index contributed by atoms with van der Waals surface area (Å²) in [5.74, 6) is 1.38. The molecule has 1 aromatic rings. The van der Waals surface area contributed by atoms with Gasteiger partial charge in [-0.3, -0.25) is 4.79 Å². The first-order valence-electron chi connectivity index (χ1n) is 4.07. The van der Waals surface area contributed by atoms with Crippen LogP contribution in [-0.2, 0) is 4.79 Å². The summed E-state index contributed by atoms with van der Waals surface area (Å²) in [5, 5.41) is 7.16. The van der Waals surface area contributed by atoms with Crippen LogP contribution >= 0.6 is 0 Å². The highest BCUT2D eigenvalue weighted by molar-refractivity contribution is 5.82. The molecule has 0 bridgehead atoms. The molecular weight excluding hydrogens is 168 g/mol. The topological polar surface area (TPSA) is 59.8 Å². The number of carbonyl (C=O) groups excluding carboxylic acids is 1. The van der Waals surface area contributed by atoms with Crippen molar-refractivity contribution in [3.8, 4) is 0 Å². The molecule has 0 aliphatic carbocycles. The fraction of sp³-hybridized carbons (Fsp3) is 0.375. The van der Waals surface area contributed by atoms with Gasteiger partial charge in [-0.2, -0.15) is 10.1 Å². The zero-order valence-corrected chi connectivity index (χ0v) is 7.48. The van der Waals surface area contributed by atoms with Crippen molar-refractivity contribution in [2.45, 2.75) is 19.9 Å². The van der Waals surface area contributed by atoms with Gasteiger partial charge in [-0.25, -0.2) is 4.68 Å². The van der Waals surface area contributed by atoms with Crippen molar-refractivity contribution in [3.05, 3.63) is 11.4 Å². The molecule has 1 aliphatic heterocycles. The fourth-order valence-corrected chi connectivity index (χ4v) is 1.28. The summed E-state index contributed by atoms with van der Waals surface area (Å²) < 4.78 is 1.58. The van der Waals surface area contributed by atoms with Crippen LogP contribution in [0.25, 0.3) is 6.20 Å². The number of hydrogen-bond donors (Lipinski definition) is 1. The third kappa shape index (κ3) is 1.22. The van der Waals surface area contributed by atoms with Crippen LogP contribution in [0.3, 0.4) is 0 Å². The van der Waals surface area contributed by atoms with Crippen molar-refractivity contribution in [2.75, 3.05) is 5.32 Å². The lowest BCUT2D eigenvalue weighted by atomic mass is 10.1. The van der Waals surface area contributed by atoms with E-state index in [2.05, 4.69) is 15.4 Å². The van der Waals surface area contributed by atoms with E-state index in [9.17, 15) is 4.79 Å². The Morgan fingerprint density at radius 1 is 1.69 bits per heavy atom. The lowest BCUT2D eigenvalue weighted by molar-refractivity contribution is -0.105. The molecule has 2 rings (SSSR count). The molecule has 5 heteroatoms. The number of hydrogen-bond acceptors (Lipinski definition) is 4. The molecule has 0 amide bonds. The molecular formula is C8H10N4O. The van der Waals surface area contributed by atoms with Crippen LogP contribution in [0.1, 0.15) is 12.7 Å². The summed E-state index contributed by atoms with van der Waals surface area (Å²) >= 11 is 0. The van der Waals surface area contributed by atoms with Gasteiger partial charge in [0.15, 0.2) is 0 Å². The van der Waals surface area contributed by atoms with E-state index >= 15 is 0 Å². The predicted octanol–water partition coefficient (Wildman–Crippen LogP) is 0.440. The molecule has 0 saturated carbocycles. The number of aryl methyl sites for hydroxylation is 1. The molecule has 1 N–H and O–H groups in total. The van der Waals surface area contributed by atoms with Crippen LogP contribution in [-0.4, -0.2) is 27.1 Å². The van der Waals surface area contributed by atoms with Crippen molar-refractivity contribution in [2.24, 2.45) is 0 Å². The fourth-order valence-electron chi connectivity index (χ4n) is 1.28. The number of anilines is 1. The van der Waals surface area contributed by atoms with Gasteiger partial charge >= 0.3 is 0 Å². The Hall–Kier alpha value is -1.65. The normalized spacial score (nSPS) is 20.2. The molecule has 13 heavy (non-hydrogen) atoms. The number of rotatable bonds is 1. The van der Waals surface area contributed by atoms with Crippen LogP contribution in [0.4, 0.5) is 5.95 Å². The van der Waals surface area contributed by atoms with Crippen LogP contribution in [0.2, 0.25) is 0 Å². The Balaban J connectivity index is 2.48. The summed E-state index contributed by atoms with van der Waals surface area (Å²) in [6.45, 7) is 3.72. The Morgan fingerprint density at radius 3 is 3.15 bits per heavy atom. The molecule has 1 aromatic heterocycles. The number of carbonyl (C=O) groups is 1. The minimum atomic E-state index is 0.00796. The highest BCUT2D eigenvalue weighted by Crippen LogP contribution is 2.16. The summed E-state index contributed by atoms with van der Waals surface area (Å²) in [4.78, 5) is 14.8. The van der Waals surface area contributed by atoms with Crippen LogP contribution < -0.4 is 5.32 Å². The minimum absolute atomic E-state index is 0.00796. The van der Waals surface area contributed by atoms with Crippen LogP contribution in [0.5, 0.6) is 0 Å². The van der Waals surface area contributed by atoms with Crippen molar-refractivity contribution in [1.29, 1.82) is 0 Å². The second-order valence-electron chi connectivity index (χ2n) is 3.04. The maximum Gasteiger partial charge on any atom is 0.226 e. The van der Waals surface area contributed by atoms with Crippen LogP contribution in [0.15, 0.2) is 5.57 Å². The van der Waals surface area contributed by atoms with Gasteiger partial charge in [0.05, 0.1) is 6.04 Å². The summed E-state index contributed by atoms with van der Waals surface area (Å²) in [7, 11) is 0. The van der Waals surface area contributed by atoms with Crippen molar-refractivity contribution < 1.29 is 4.79 Å². The average Bonchev–Trinajstić information content (AvgIpc) is 2.42. The number of aromatic nitrogens is 3. The minimum Gasteiger partial charge on any atom is -0.347 e. The van der Waals surface area contributed by atoms with Gasteiger partial charge in [0.2, 0.25) is 5.95 Å². The van der Waals surface area contributed by atoms with Gasteiger partial charge in [-0.1, -0.05) is 0 Å². The van der Waals surface area contributed by atoms with E-state index in [1.807, 2.05) is 13.8 Å². The Kier molecular flexibility index (Phi) is 1.65. The van der Waals surface area contributed by atoms with Crippen LogP contribution in [0, 0.1) is 6.92 Å². The first kappa shape index (κ1) is 7.97. The first-order valence-corrected chi connectivity index (χ1v) is 4.07. The van der Waals surface area contributed by atoms with E-state index in [1.54, 1.807) is 10.9 Å². The quantitative estimate of drug-likeness (QED) is 0.634. The van der Waals surface area contributed by atoms with E-state index in [-0.39, 0.29) is 6.04 Å². The molecule has 5 nitrogen and oxygen atoms in total. The van der Waals surface area contributed by atoms with E-state index in [1.165, 1.54) is 0 Å². The largest absolute Gasteiger partial charge is 0.347 e. The second-order valence-corrected chi connectivity index (χ2v) is 3.04. The van der Waals surface area contributed by atoms with Crippen molar-refractivity contribution in [1.82, 2.24) is 14.8 Å². The van der Waals surface area contributed by atoms with Gasteiger partial charge in [-0.15, -0.1) is 0 Å². The highest BCUT2D eigenvalue weighted by atomic mass is 16.1. The number of nitrogens with one attached hydrogen (secondary N) is 1. The van der Waals surface area contributed by atoms with E-state index in [0.717, 1.165) is 6.29 Å². The standard InChI is InChI=1S/C8H10N4O/c1-5-7(4-13)3-12-8(9-5)10-6(2)11-12/h3-5H,1-2H3,(H,9,10,11). The van der Waals surface area contributed by atoms with Gasteiger partial charge in [0, 0.05) is 11.8 Å². The van der Waals surface area contributed by atoms with Gasteiger partial charge in [0.25, 0.3) is 0 Å². The van der Waals surface area contributed by atoms with Gasteiger partial charge in [-0.05, 0) is 13.8 Å². The highest BCUT2D eigenvalue weighted by Gasteiger charge is 2.18. The summed E-state index contributed by atoms with van der Waals surface area (Å²) in [6, 6.07) is 0.00796. The molecule has 1 atom stereocenters. The summed E-state index contributed by atoms with van der Waals surface area (Å²) in [6.07, 6.45) is 2.53. The predicted molar refractivity (Wildman–Crippen MR) is 48.2 cm³/mol. The molecule has 0 aromatic carbocycles. The Labute approximate surface area is 75.5 Å². The van der Waals surface area contributed by atoms with Gasteiger partial charge in [0.1, 0.15) is 12.1 Å². The maximum atomic E-state index is 10.6. The zero-order chi connectivity index (χ0) is 9.42. The SMILES string of the molecule is Cc1nc2n(n1)C=C(C=O)C(C)N2. The van der Waals surface area contributed by atoms with E-state index in [4.69, 9.17) is 0 Å². The monoisotopic (exact) mass is 178 g/mol. The van der Waals surface area contributed by atoms with E-state index in [0.29, 0.717) is 17.3 Å². The lowest BCUT2D eigenvalue weighted by Crippen LogP contribution is -2.25. The number of fused-ring (bicyclic) bond motifs is 1. The molecule has 0 fully saturated rings.